The normalized spacial score (nSPS) is 36.3. The van der Waals surface area contributed by atoms with Crippen molar-refractivity contribution in [3.8, 4) is 0 Å². The van der Waals surface area contributed by atoms with Crippen LogP contribution in [0.25, 0.3) is 0 Å². The molecule has 0 radical (unpaired) electrons. The van der Waals surface area contributed by atoms with Crippen LogP contribution in [0, 0.1) is 0 Å². The standard InChI is InChI=1S/C5H14N5P/c6-3-1-2-4(9-7)10(8)5(3)11/h3,5H,1-2,6-8,11H2/b9-4-. The van der Waals surface area contributed by atoms with E-state index in [1.54, 1.807) is 0 Å². The van der Waals surface area contributed by atoms with Crippen LogP contribution in [0.5, 0.6) is 0 Å². The second kappa shape index (κ2) is 3.34. The van der Waals surface area contributed by atoms with Crippen molar-refractivity contribution in [3.05, 3.63) is 0 Å². The summed E-state index contributed by atoms with van der Waals surface area (Å²) < 4.78 is 0. The molecule has 0 aromatic carbocycles. The number of nitrogens with zero attached hydrogens (tertiary/aromatic N) is 2. The van der Waals surface area contributed by atoms with Gasteiger partial charge in [0.05, 0.1) is 5.78 Å². The molecule has 1 aliphatic rings. The molecule has 1 aliphatic heterocycles. The van der Waals surface area contributed by atoms with Crippen molar-refractivity contribution in [1.29, 1.82) is 0 Å². The zero-order valence-corrected chi connectivity index (χ0v) is 7.43. The van der Waals surface area contributed by atoms with Gasteiger partial charge in [-0.3, -0.25) is 5.01 Å². The Balaban J connectivity index is 2.67. The predicted molar refractivity (Wildman–Crippen MR) is 48.4 cm³/mol. The molecule has 3 unspecified atom stereocenters. The molecule has 5 nitrogen and oxygen atoms in total. The van der Waals surface area contributed by atoms with E-state index in [0.29, 0.717) is 5.84 Å². The number of hydrogen-bond acceptors (Lipinski definition) is 4. The molecule has 1 fully saturated rings. The van der Waals surface area contributed by atoms with Gasteiger partial charge in [-0.25, -0.2) is 5.84 Å². The van der Waals surface area contributed by atoms with Gasteiger partial charge in [0.2, 0.25) is 0 Å². The lowest BCUT2D eigenvalue weighted by molar-refractivity contribution is 0.318. The highest BCUT2D eigenvalue weighted by Gasteiger charge is 2.26. The number of rotatable bonds is 0. The van der Waals surface area contributed by atoms with Gasteiger partial charge in [-0.15, -0.1) is 9.24 Å². The van der Waals surface area contributed by atoms with Gasteiger partial charge in [0, 0.05) is 12.5 Å². The largest absolute Gasteiger partial charge is 0.326 e. The highest BCUT2D eigenvalue weighted by Crippen LogP contribution is 2.19. The number of nitrogens with two attached hydrogens (primary N) is 3. The second-order valence-corrected chi connectivity index (χ2v) is 3.33. The molecular formula is C5H14N5P. The Kier molecular flexibility index (Phi) is 2.65. The minimum absolute atomic E-state index is 0.0473. The van der Waals surface area contributed by atoms with E-state index in [2.05, 4.69) is 14.3 Å². The second-order valence-electron chi connectivity index (χ2n) is 2.65. The van der Waals surface area contributed by atoms with Crippen molar-refractivity contribution in [1.82, 2.24) is 5.01 Å². The van der Waals surface area contributed by atoms with Gasteiger partial charge in [0.25, 0.3) is 0 Å². The molecule has 0 saturated carbocycles. The first-order valence-electron chi connectivity index (χ1n) is 3.48. The molecule has 1 rings (SSSR count). The fourth-order valence-corrected chi connectivity index (χ4v) is 1.47. The molecule has 64 valence electrons. The Morgan fingerprint density at radius 3 is 2.82 bits per heavy atom. The lowest BCUT2D eigenvalue weighted by Gasteiger charge is -2.35. The molecule has 6 heteroatoms. The molecule has 0 bridgehead atoms. The highest BCUT2D eigenvalue weighted by atomic mass is 31.0. The summed E-state index contributed by atoms with van der Waals surface area (Å²) in [5.74, 6) is 11.5. The van der Waals surface area contributed by atoms with Crippen LogP contribution in [0.1, 0.15) is 12.8 Å². The van der Waals surface area contributed by atoms with Crippen LogP contribution in [0.2, 0.25) is 0 Å². The van der Waals surface area contributed by atoms with Crippen LogP contribution in [-0.4, -0.2) is 22.7 Å². The van der Waals surface area contributed by atoms with E-state index in [-0.39, 0.29) is 11.8 Å². The monoisotopic (exact) mass is 175 g/mol. The average Bonchev–Trinajstić information content (AvgIpc) is 2.01. The molecule has 1 heterocycles. The first-order valence-corrected chi connectivity index (χ1v) is 4.15. The fourth-order valence-electron chi connectivity index (χ4n) is 1.11. The molecule has 0 aromatic rings. The van der Waals surface area contributed by atoms with E-state index >= 15 is 0 Å². The SMILES string of the molecule is N/N=C1/CCC(N)C(P)N1N. The highest BCUT2D eigenvalue weighted by molar-refractivity contribution is 7.17. The molecular weight excluding hydrogens is 161 g/mol. The number of hydrogen-bond donors (Lipinski definition) is 3. The number of amidine groups is 1. The zero-order valence-electron chi connectivity index (χ0n) is 6.27. The fraction of sp³-hybridized carbons (Fsp3) is 0.800. The third kappa shape index (κ3) is 1.61. The Morgan fingerprint density at radius 1 is 1.64 bits per heavy atom. The van der Waals surface area contributed by atoms with Crippen molar-refractivity contribution in [2.24, 2.45) is 22.5 Å². The molecule has 0 aliphatic carbocycles. The summed E-state index contributed by atoms with van der Waals surface area (Å²) in [6.45, 7) is 0. The van der Waals surface area contributed by atoms with Gasteiger partial charge < -0.3 is 11.6 Å². The maximum absolute atomic E-state index is 5.75. The minimum Gasteiger partial charge on any atom is -0.326 e. The topological polar surface area (TPSA) is 93.7 Å². The van der Waals surface area contributed by atoms with Crippen LogP contribution >= 0.6 is 9.24 Å². The number of hydrazone groups is 1. The van der Waals surface area contributed by atoms with Crippen LogP contribution in [0.15, 0.2) is 5.10 Å². The molecule has 0 amide bonds. The molecule has 11 heavy (non-hydrogen) atoms. The Labute approximate surface area is 68.1 Å². The maximum atomic E-state index is 5.75. The summed E-state index contributed by atoms with van der Waals surface area (Å²) in [5, 5.41) is 5.07. The first-order chi connectivity index (χ1) is 5.16. The summed E-state index contributed by atoms with van der Waals surface area (Å²) >= 11 is 0. The van der Waals surface area contributed by atoms with Gasteiger partial charge >= 0.3 is 0 Å². The summed E-state index contributed by atoms with van der Waals surface area (Å²) in [6.07, 6.45) is 1.65. The van der Waals surface area contributed by atoms with E-state index in [1.165, 1.54) is 5.01 Å². The van der Waals surface area contributed by atoms with Crippen molar-refractivity contribution in [3.63, 3.8) is 0 Å². The Bertz CT molecular complexity index is 170. The number of piperidine rings is 1. The van der Waals surface area contributed by atoms with Gasteiger partial charge in [0.15, 0.2) is 0 Å². The maximum Gasteiger partial charge on any atom is 0.139 e. The summed E-state index contributed by atoms with van der Waals surface area (Å²) in [4.78, 5) is 0. The van der Waals surface area contributed by atoms with Crippen LogP contribution in [-0.2, 0) is 0 Å². The Hall–Kier alpha value is -0.380. The van der Waals surface area contributed by atoms with Gasteiger partial charge in [-0.1, -0.05) is 0 Å². The van der Waals surface area contributed by atoms with Crippen molar-refractivity contribution in [2.75, 3.05) is 0 Å². The molecule has 6 N–H and O–H groups in total. The van der Waals surface area contributed by atoms with Crippen LogP contribution < -0.4 is 17.4 Å². The van der Waals surface area contributed by atoms with E-state index in [1.807, 2.05) is 0 Å². The summed E-state index contributed by atoms with van der Waals surface area (Å²) in [5.41, 5.74) is 5.75. The van der Waals surface area contributed by atoms with Crippen molar-refractivity contribution >= 4 is 15.1 Å². The smallest absolute Gasteiger partial charge is 0.139 e. The minimum atomic E-state index is 0.0473. The molecule has 0 spiro atoms. The Morgan fingerprint density at radius 2 is 2.27 bits per heavy atom. The molecule has 1 saturated heterocycles. The molecule has 0 aromatic heterocycles. The van der Waals surface area contributed by atoms with Gasteiger partial charge in [-0.2, -0.15) is 5.10 Å². The zero-order chi connectivity index (χ0) is 8.43. The average molecular weight is 175 g/mol. The quantitative estimate of drug-likeness (QED) is 0.244. The van der Waals surface area contributed by atoms with E-state index in [0.717, 1.165) is 12.8 Å². The van der Waals surface area contributed by atoms with E-state index in [9.17, 15) is 0 Å². The third-order valence-electron chi connectivity index (χ3n) is 1.91. The van der Waals surface area contributed by atoms with Crippen LogP contribution in [0.3, 0.4) is 0 Å². The van der Waals surface area contributed by atoms with E-state index < -0.39 is 0 Å². The van der Waals surface area contributed by atoms with Gasteiger partial charge in [-0.05, 0) is 6.42 Å². The third-order valence-corrected chi connectivity index (χ3v) is 2.72. The van der Waals surface area contributed by atoms with Gasteiger partial charge in [0.1, 0.15) is 5.84 Å². The van der Waals surface area contributed by atoms with Crippen LogP contribution in [0.4, 0.5) is 0 Å². The van der Waals surface area contributed by atoms with Crippen molar-refractivity contribution < 1.29 is 0 Å². The first kappa shape index (κ1) is 8.71. The lowest BCUT2D eigenvalue weighted by Crippen LogP contribution is -2.55. The van der Waals surface area contributed by atoms with Crippen molar-refractivity contribution in [2.45, 2.75) is 24.7 Å². The summed E-state index contributed by atoms with van der Waals surface area (Å²) in [7, 11) is 2.58. The molecule has 3 atom stereocenters. The lowest BCUT2D eigenvalue weighted by atomic mass is 10.1. The number of hydrazine groups is 1. The summed E-state index contributed by atoms with van der Waals surface area (Å²) in [6, 6.07) is 0.0931. The predicted octanol–water partition coefficient (Wildman–Crippen LogP) is -1.24. The van der Waals surface area contributed by atoms with E-state index in [4.69, 9.17) is 17.4 Å².